The smallest absolute Gasteiger partial charge is 0.254 e. The third-order valence-electron chi connectivity index (χ3n) is 6.01. The number of piperidine rings is 2. The number of fused-ring (bicyclic) bond motifs is 2. The molecule has 1 aromatic carbocycles. The fourth-order valence-corrected chi connectivity index (χ4v) is 5.63. The van der Waals surface area contributed by atoms with Crippen molar-refractivity contribution in [2.45, 2.75) is 44.2 Å². The second kappa shape index (κ2) is 7.26. The van der Waals surface area contributed by atoms with E-state index < -0.39 is 10.0 Å². The van der Waals surface area contributed by atoms with E-state index >= 15 is 0 Å². The number of benzene rings is 1. The predicted molar refractivity (Wildman–Crippen MR) is 104 cm³/mol. The number of sulfonamides is 1. The summed E-state index contributed by atoms with van der Waals surface area (Å²) in [5.74, 6) is 1.26. The van der Waals surface area contributed by atoms with Gasteiger partial charge in [-0.2, -0.15) is 0 Å². The van der Waals surface area contributed by atoms with E-state index in [1.807, 2.05) is 4.90 Å². The van der Waals surface area contributed by atoms with Crippen LogP contribution in [0.4, 0.5) is 0 Å². The number of nitrogens with zero attached hydrogens (tertiary/aromatic N) is 2. The molecule has 4 rings (SSSR count). The maximum atomic E-state index is 12.8. The number of carbonyl (C=O) groups is 1. The molecular formula is C19H25ClN2O4S. The number of amides is 1. The van der Waals surface area contributed by atoms with Crippen LogP contribution in [0.1, 0.15) is 42.5 Å². The minimum absolute atomic E-state index is 0.0529. The molecule has 0 N–H and O–H groups in total. The zero-order chi connectivity index (χ0) is 19.2. The summed E-state index contributed by atoms with van der Waals surface area (Å²) in [4.78, 5) is 14.8. The maximum Gasteiger partial charge on any atom is 0.254 e. The fraction of sp³-hybridized carbons (Fsp3) is 0.632. The van der Waals surface area contributed by atoms with E-state index in [4.69, 9.17) is 16.3 Å². The van der Waals surface area contributed by atoms with Crippen LogP contribution in [0.2, 0.25) is 5.02 Å². The van der Waals surface area contributed by atoms with Crippen molar-refractivity contribution >= 4 is 27.5 Å². The van der Waals surface area contributed by atoms with Gasteiger partial charge in [-0.25, -0.2) is 12.7 Å². The largest absolute Gasteiger partial charge is 0.489 e. The molecule has 2 bridgehead atoms. The third kappa shape index (κ3) is 3.96. The van der Waals surface area contributed by atoms with Crippen molar-refractivity contribution in [3.05, 3.63) is 28.8 Å². The molecule has 2 saturated heterocycles. The van der Waals surface area contributed by atoms with Crippen molar-refractivity contribution in [1.82, 2.24) is 9.21 Å². The molecular weight excluding hydrogens is 388 g/mol. The van der Waals surface area contributed by atoms with E-state index in [0.29, 0.717) is 54.2 Å². The molecule has 3 aliphatic rings. The number of rotatable bonds is 4. The molecule has 6 nitrogen and oxygen atoms in total. The first-order valence-corrected chi connectivity index (χ1v) is 11.8. The van der Waals surface area contributed by atoms with Crippen LogP contribution in [0.5, 0.6) is 5.75 Å². The molecule has 1 saturated carbocycles. The second-order valence-electron chi connectivity index (χ2n) is 7.91. The highest BCUT2D eigenvalue weighted by atomic mass is 35.5. The van der Waals surface area contributed by atoms with Crippen LogP contribution in [0.3, 0.4) is 0 Å². The summed E-state index contributed by atoms with van der Waals surface area (Å²) >= 11 is 6.38. The number of likely N-dealkylation sites (tertiary alicyclic amines) is 1. The fourth-order valence-electron chi connectivity index (χ4n) is 4.53. The average Bonchev–Trinajstić information content (AvgIpc) is 3.26. The molecule has 0 aromatic heterocycles. The van der Waals surface area contributed by atoms with Crippen molar-refractivity contribution in [1.29, 1.82) is 0 Å². The van der Waals surface area contributed by atoms with Crippen molar-refractivity contribution in [2.75, 3.05) is 25.9 Å². The molecule has 2 unspecified atom stereocenters. The van der Waals surface area contributed by atoms with Gasteiger partial charge < -0.3 is 9.64 Å². The average molecular weight is 413 g/mol. The highest BCUT2D eigenvalue weighted by Crippen LogP contribution is 2.38. The Morgan fingerprint density at radius 3 is 2.48 bits per heavy atom. The number of ether oxygens (including phenoxy) is 1. The summed E-state index contributed by atoms with van der Waals surface area (Å²) in [6.07, 6.45) is 5.88. The molecule has 27 heavy (non-hydrogen) atoms. The normalized spacial score (nSPS) is 26.5. The van der Waals surface area contributed by atoms with Gasteiger partial charge in [0, 0.05) is 31.2 Å². The molecule has 1 aliphatic carbocycles. The van der Waals surface area contributed by atoms with Crippen molar-refractivity contribution in [3.63, 3.8) is 0 Å². The van der Waals surface area contributed by atoms with Gasteiger partial charge in [0.2, 0.25) is 10.0 Å². The van der Waals surface area contributed by atoms with E-state index in [1.165, 1.54) is 17.0 Å². The Kier molecular flexibility index (Phi) is 5.12. The predicted octanol–water partition coefficient (Wildman–Crippen LogP) is 2.77. The Labute approximate surface area is 165 Å². The summed E-state index contributed by atoms with van der Waals surface area (Å²) in [7, 11) is -3.15. The Balaban J connectivity index is 1.38. The quantitative estimate of drug-likeness (QED) is 0.762. The lowest BCUT2D eigenvalue weighted by molar-refractivity contribution is 0.0703. The number of hydrogen-bond acceptors (Lipinski definition) is 4. The van der Waals surface area contributed by atoms with E-state index in [2.05, 4.69) is 0 Å². The van der Waals surface area contributed by atoms with Gasteiger partial charge in [-0.05, 0) is 56.2 Å². The van der Waals surface area contributed by atoms with Crippen LogP contribution in [-0.2, 0) is 10.0 Å². The zero-order valence-electron chi connectivity index (χ0n) is 15.4. The highest BCUT2D eigenvalue weighted by molar-refractivity contribution is 7.88. The molecule has 8 heteroatoms. The van der Waals surface area contributed by atoms with Crippen LogP contribution in [0.15, 0.2) is 18.2 Å². The van der Waals surface area contributed by atoms with E-state index in [9.17, 15) is 13.2 Å². The van der Waals surface area contributed by atoms with Gasteiger partial charge in [0.15, 0.2) is 0 Å². The summed E-state index contributed by atoms with van der Waals surface area (Å²) in [6.45, 7) is 1.77. The molecule has 0 radical (unpaired) electrons. The Morgan fingerprint density at radius 1 is 1.19 bits per heavy atom. The van der Waals surface area contributed by atoms with Gasteiger partial charge >= 0.3 is 0 Å². The van der Waals surface area contributed by atoms with Crippen molar-refractivity contribution in [2.24, 2.45) is 5.92 Å². The summed E-state index contributed by atoms with van der Waals surface area (Å²) in [6, 6.07) is 5.61. The van der Waals surface area contributed by atoms with Gasteiger partial charge in [0.25, 0.3) is 5.91 Å². The topological polar surface area (TPSA) is 66.9 Å². The minimum atomic E-state index is -3.15. The lowest BCUT2D eigenvalue weighted by atomic mass is 10.1. The molecule has 148 valence electrons. The van der Waals surface area contributed by atoms with Crippen LogP contribution >= 0.6 is 11.6 Å². The number of carbonyl (C=O) groups excluding carboxylic acids is 1. The van der Waals surface area contributed by atoms with E-state index in [1.54, 1.807) is 18.2 Å². The monoisotopic (exact) mass is 412 g/mol. The lowest BCUT2D eigenvalue weighted by Crippen LogP contribution is -2.41. The first kappa shape index (κ1) is 19.0. The summed E-state index contributed by atoms with van der Waals surface area (Å²) in [5.41, 5.74) is 0.604. The molecule has 1 aromatic rings. The zero-order valence-corrected chi connectivity index (χ0v) is 17.0. The van der Waals surface area contributed by atoms with Crippen molar-refractivity contribution < 1.29 is 17.9 Å². The van der Waals surface area contributed by atoms with Crippen molar-refractivity contribution in [3.8, 4) is 5.75 Å². The molecule has 3 fully saturated rings. The first-order chi connectivity index (χ1) is 12.8. The second-order valence-corrected chi connectivity index (χ2v) is 10.3. The summed E-state index contributed by atoms with van der Waals surface area (Å²) in [5, 5.41) is 0.427. The van der Waals surface area contributed by atoms with E-state index in [0.717, 1.165) is 19.4 Å². The number of halogens is 1. The van der Waals surface area contributed by atoms with Crippen LogP contribution < -0.4 is 4.74 Å². The Hall–Kier alpha value is -1.31. The number of hydrogen-bond donors (Lipinski definition) is 0. The van der Waals surface area contributed by atoms with Gasteiger partial charge in [-0.15, -0.1) is 0 Å². The maximum absolute atomic E-state index is 12.8. The Morgan fingerprint density at radius 2 is 1.93 bits per heavy atom. The minimum Gasteiger partial charge on any atom is -0.489 e. The standard InChI is InChI=1S/C19H25ClN2O4S/c1-27(24,25)21-8-6-16(7-9-21)26-18-5-3-14(11-17(18)20)19(23)22-12-13-2-4-15(22)10-13/h3,5,11,13,15-16H,2,4,6-10,12H2,1H3. The SMILES string of the molecule is CS(=O)(=O)N1CCC(Oc2ccc(C(=O)N3CC4CCC3C4)cc2Cl)CC1. The Bertz CT molecular complexity index is 836. The molecule has 1 amide bonds. The van der Waals surface area contributed by atoms with E-state index in [-0.39, 0.29) is 12.0 Å². The van der Waals surface area contributed by atoms with Gasteiger partial charge in [-0.3, -0.25) is 4.79 Å². The van der Waals surface area contributed by atoms with Crippen LogP contribution in [-0.4, -0.2) is 61.6 Å². The first-order valence-electron chi connectivity index (χ1n) is 9.53. The van der Waals surface area contributed by atoms with Gasteiger partial charge in [-0.1, -0.05) is 11.6 Å². The molecule has 2 aliphatic heterocycles. The highest BCUT2D eigenvalue weighted by Gasteiger charge is 2.40. The van der Waals surface area contributed by atoms with Gasteiger partial charge in [0.05, 0.1) is 11.3 Å². The third-order valence-corrected chi connectivity index (χ3v) is 7.61. The molecule has 0 spiro atoms. The van der Waals surface area contributed by atoms with Crippen LogP contribution in [0, 0.1) is 5.92 Å². The molecule has 2 heterocycles. The summed E-state index contributed by atoms with van der Waals surface area (Å²) < 4.78 is 30.6. The van der Waals surface area contributed by atoms with Crippen LogP contribution in [0.25, 0.3) is 0 Å². The van der Waals surface area contributed by atoms with Gasteiger partial charge in [0.1, 0.15) is 11.9 Å². The lowest BCUT2D eigenvalue weighted by Gasteiger charge is -2.30. The molecule has 2 atom stereocenters.